The number of ether oxygens (including phenoxy) is 1. The number of hydrogen-bond acceptors (Lipinski definition) is 3. The summed E-state index contributed by atoms with van der Waals surface area (Å²) in [7, 11) is 1.05. The fourth-order valence-electron chi connectivity index (χ4n) is 1.37. The topological polar surface area (TPSA) is 75.0 Å². The number of hydrogen-bond donors (Lipinski definition) is 2. The van der Waals surface area contributed by atoms with Gasteiger partial charge in [0.25, 0.3) is 0 Å². The SMILES string of the molecule is COC(=O)c1cc2[nH]c(=O)[nH]c2c(F)c1F. The third-order valence-corrected chi connectivity index (χ3v) is 2.10. The summed E-state index contributed by atoms with van der Waals surface area (Å²) >= 11 is 0. The highest BCUT2D eigenvalue weighted by Crippen LogP contribution is 2.20. The van der Waals surface area contributed by atoms with E-state index in [2.05, 4.69) is 14.7 Å². The molecule has 0 fully saturated rings. The highest BCUT2D eigenvalue weighted by atomic mass is 19.2. The second kappa shape index (κ2) is 3.44. The summed E-state index contributed by atoms with van der Waals surface area (Å²) in [4.78, 5) is 26.3. The van der Waals surface area contributed by atoms with Crippen molar-refractivity contribution in [3.05, 3.63) is 33.7 Å². The molecule has 0 unspecified atom stereocenters. The first-order valence-corrected chi connectivity index (χ1v) is 4.23. The van der Waals surface area contributed by atoms with Crippen LogP contribution in [0.3, 0.4) is 0 Å². The fourth-order valence-corrected chi connectivity index (χ4v) is 1.37. The normalized spacial score (nSPS) is 10.7. The van der Waals surface area contributed by atoms with Crippen LogP contribution in [-0.2, 0) is 4.74 Å². The van der Waals surface area contributed by atoms with E-state index in [0.717, 1.165) is 13.2 Å². The van der Waals surface area contributed by atoms with Crippen molar-refractivity contribution in [1.82, 2.24) is 9.97 Å². The number of carbonyl (C=O) groups excluding carboxylic acids is 1. The number of nitrogens with one attached hydrogen (secondary N) is 2. The molecule has 0 saturated heterocycles. The van der Waals surface area contributed by atoms with Gasteiger partial charge in [-0.05, 0) is 6.07 Å². The Kier molecular flexibility index (Phi) is 2.22. The number of aromatic nitrogens is 2. The number of carbonyl (C=O) groups is 1. The van der Waals surface area contributed by atoms with Gasteiger partial charge in [-0.1, -0.05) is 0 Å². The minimum absolute atomic E-state index is 0.00398. The first kappa shape index (κ1) is 10.3. The van der Waals surface area contributed by atoms with Crippen LogP contribution >= 0.6 is 0 Å². The van der Waals surface area contributed by atoms with E-state index < -0.39 is 28.9 Å². The molecule has 2 N–H and O–H groups in total. The number of rotatable bonds is 1. The largest absolute Gasteiger partial charge is 0.465 e. The van der Waals surface area contributed by atoms with Gasteiger partial charge in [-0.3, -0.25) is 0 Å². The molecule has 0 aliphatic carbocycles. The molecule has 0 radical (unpaired) electrons. The number of benzene rings is 1. The monoisotopic (exact) mass is 228 g/mol. The Bertz CT molecular complexity index is 629. The van der Waals surface area contributed by atoms with Crippen LogP contribution in [-0.4, -0.2) is 23.0 Å². The third-order valence-electron chi connectivity index (χ3n) is 2.10. The molecule has 0 amide bonds. The molecular formula is C9H6F2N2O3. The Labute approximate surface area is 87.0 Å². The van der Waals surface area contributed by atoms with Crippen molar-refractivity contribution in [2.24, 2.45) is 0 Å². The molecule has 2 rings (SSSR count). The summed E-state index contributed by atoms with van der Waals surface area (Å²) in [6.45, 7) is 0. The Morgan fingerprint density at radius 3 is 2.62 bits per heavy atom. The molecular weight excluding hydrogens is 222 g/mol. The van der Waals surface area contributed by atoms with Gasteiger partial charge in [0, 0.05) is 0 Å². The summed E-state index contributed by atoms with van der Waals surface area (Å²) in [6, 6.07) is 1.01. The second-order valence-electron chi connectivity index (χ2n) is 3.05. The van der Waals surface area contributed by atoms with Crippen molar-refractivity contribution in [3.63, 3.8) is 0 Å². The van der Waals surface area contributed by atoms with Crippen molar-refractivity contribution in [2.45, 2.75) is 0 Å². The minimum atomic E-state index is -1.35. The van der Waals surface area contributed by atoms with E-state index in [1.54, 1.807) is 0 Å². The minimum Gasteiger partial charge on any atom is -0.465 e. The Balaban J connectivity index is 2.82. The molecule has 0 aliphatic rings. The Hall–Kier alpha value is -2.18. The zero-order chi connectivity index (χ0) is 11.9. The molecule has 0 bridgehead atoms. The third kappa shape index (κ3) is 1.37. The molecule has 1 aromatic carbocycles. The standard InChI is InChI=1S/C9H6F2N2O3/c1-16-8(14)3-2-4-7(6(11)5(3)10)13-9(15)12-4/h2H,1H3,(H2,12,13,15). The molecule has 5 nitrogen and oxygen atoms in total. The predicted molar refractivity (Wildman–Crippen MR) is 50.2 cm³/mol. The van der Waals surface area contributed by atoms with Gasteiger partial charge in [0.15, 0.2) is 11.6 Å². The zero-order valence-corrected chi connectivity index (χ0v) is 8.06. The van der Waals surface area contributed by atoms with Crippen LogP contribution in [0.15, 0.2) is 10.9 Å². The van der Waals surface area contributed by atoms with Gasteiger partial charge in [-0.25, -0.2) is 18.4 Å². The number of H-pyrrole nitrogens is 2. The molecule has 84 valence electrons. The van der Waals surface area contributed by atoms with E-state index in [1.807, 2.05) is 0 Å². The highest BCUT2D eigenvalue weighted by Gasteiger charge is 2.20. The number of imidazole rings is 1. The van der Waals surface area contributed by atoms with Crippen LogP contribution in [0, 0.1) is 11.6 Å². The first-order valence-electron chi connectivity index (χ1n) is 4.23. The van der Waals surface area contributed by atoms with Gasteiger partial charge in [0.2, 0.25) is 0 Å². The van der Waals surface area contributed by atoms with Crippen LogP contribution in [0.2, 0.25) is 0 Å². The predicted octanol–water partition coefficient (Wildman–Crippen LogP) is 0.921. The van der Waals surface area contributed by atoms with Crippen LogP contribution in [0.5, 0.6) is 0 Å². The fraction of sp³-hybridized carbons (Fsp3) is 0.111. The summed E-state index contributed by atoms with van der Waals surface area (Å²) in [5.41, 5.74) is -1.56. The first-order chi connectivity index (χ1) is 7.54. The van der Waals surface area contributed by atoms with Gasteiger partial charge >= 0.3 is 11.7 Å². The van der Waals surface area contributed by atoms with Gasteiger partial charge in [0.1, 0.15) is 11.1 Å². The van der Waals surface area contributed by atoms with Gasteiger partial charge in [-0.2, -0.15) is 0 Å². The molecule has 0 saturated carbocycles. The van der Waals surface area contributed by atoms with Gasteiger partial charge < -0.3 is 14.7 Å². The van der Waals surface area contributed by atoms with E-state index in [1.165, 1.54) is 0 Å². The van der Waals surface area contributed by atoms with E-state index in [9.17, 15) is 18.4 Å². The maximum Gasteiger partial charge on any atom is 0.341 e. The lowest BCUT2D eigenvalue weighted by atomic mass is 10.2. The molecule has 1 heterocycles. The van der Waals surface area contributed by atoms with Crippen LogP contribution < -0.4 is 5.69 Å². The molecule has 1 aromatic heterocycles. The number of fused-ring (bicyclic) bond motifs is 1. The maximum atomic E-state index is 13.4. The van der Waals surface area contributed by atoms with Crippen molar-refractivity contribution >= 4 is 17.0 Å². The zero-order valence-electron chi connectivity index (χ0n) is 8.06. The second-order valence-corrected chi connectivity index (χ2v) is 3.05. The Morgan fingerprint density at radius 1 is 1.31 bits per heavy atom. The van der Waals surface area contributed by atoms with E-state index in [4.69, 9.17) is 0 Å². The summed E-state index contributed by atoms with van der Waals surface area (Å²) in [6.07, 6.45) is 0. The lowest BCUT2D eigenvalue weighted by Gasteiger charge is -2.02. The molecule has 2 aromatic rings. The van der Waals surface area contributed by atoms with Crippen LogP contribution in [0.1, 0.15) is 10.4 Å². The molecule has 0 aliphatic heterocycles. The number of halogens is 2. The number of esters is 1. The summed E-state index contributed by atoms with van der Waals surface area (Å²) in [5.74, 6) is -3.66. The Morgan fingerprint density at radius 2 is 2.00 bits per heavy atom. The smallest absolute Gasteiger partial charge is 0.341 e. The van der Waals surface area contributed by atoms with Crippen molar-refractivity contribution in [2.75, 3.05) is 7.11 Å². The lowest BCUT2D eigenvalue weighted by Crippen LogP contribution is -2.06. The molecule has 16 heavy (non-hydrogen) atoms. The number of aromatic amines is 2. The quantitative estimate of drug-likeness (QED) is 0.712. The van der Waals surface area contributed by atoms with Crippen molar-refractivity contribution in [3.8, 4) is 0 Å². The van der Waals surface area contributed by atoms with Crippen molar-refractivity contribution in [1.29, 1.82) is 0 Å². The number of methoxy groups -OCH3 is 1. The highest BCUT2D eigenvalue weighted by molar-refractivity contribution is 5.94. The van der Waals surface area contributed by atoms with E-state index in [-0.39, 0.29) is 11.0 Å². The van der Waals surface area contributed by atoms with E-state index in [0.29, 0.717) is 0 Å². The molecule has 7 heteroatoms. The summed E-state index contributed by atoms with van der Waals surface area (Å²) < 4.78 is 31.0. The molecule has 0 spiro atoms. The van der Waals surface area contributed by atoms with Crippen LogP contribution in [0.4, 0.5) is 8.78 Å². The van der Waals surface area contributed by atoms with Crippen LogP contribution in [0.25, 0.3) is 11.0 Å². The van der Waals surface area contributed by atoms with Crippen molar-refractivity contribution < 1.29 is 18.3 Å². The van der Waals surface area contributed by atoms with Gasteiger partial charge in [0.05, 0.1) is 12.6 Å². The molecule has 0 atom stereocenters. The summed E-state index contributed by atoms with van der Waals surface area (Å²) in [5, 5.41) is 0. The average Bonchev–Trinajstić information content (AvgIpc) is 2.63. The van der Waals surface area contributed by atoms with E-state index >= 15 is 0 Å². The van der Waals surface area contributed by atoms with Gasteiger partial charge in [-0.15, -0.1) is 0 Å². The lowest BCUT2D eigenvalue weighted by molar-refractivity contribution is 0.0594. The maximum absolute atomic E-state index is 13.4. The average molecular weight is 228 g/mol.